The first-order valence-electron chi connectivity index (χ1n) is 8.04. The molecule has 0 unspecified atom stereocenters. The van der Waals surface area contributed by atoms with Gasteiger partial charge in [-0.2, -0.15) is 0 Å². The van der Waals surface area contributed by atoms with E-state index in [1.807, 2.05) is 18.7 Å². The quantitative estimate of drug-likeness (QED) is 0.861. The highest BCUT2D eigenvalue weighted by molar-refractivity contribution is 5.93. The fourth-order valence-electron chi connectivity index (χ4n) is 3.24. The molecular formula is C16H28N2O3. The molecule has 2 fully saturated rings. The SMILES string of the molecule is COC(C)(C)CCN1CCC(=O)NC2(CCCCC2)C1=O. The smallest absolute Gasteiger partial charge is 0.248 e. The zero-order chi connectivity index (χ0) is 15.5. The number of nitrogens with zero attached hydrogens (tertiary/aromatic N) is 1. The zero-order valence-corrected chi connectivity index (χ0v) is 13.5. The molecular weight excluding hydrogens is 268 g/mol. The van der Waals surface area contributed by atoms with Crippen molar-refractivity contribution >= 4 is 11.8 Å². The molecule has 1 heterocycles. The number of nitrogens with one attached hydrogen (secondary N) is 1. The minimum absolute atomic E-state index is 0.0127. The van der Waals surface area contributed by atoms with E-state index in [1.165, 1.54) is 0 Å². The Morgan fingerprint density at radius 2 is 1.90 bits per heavy atom. The number of carbonyl (C=O) groups is 2. The molecule has 1 saturated carbocycles. The normalized spacial score (nSPS) is 23.1. The van der Waals surface area contributed by atoms with Crippen molar-refractivity contribution in [2.45, 2.75) is 69.9 Å². The predicted molar refractivity (Wildman–Crippen MR) is 80.9 cm³/mol. The van der Waals surface area contributed by atoms with Crippen molar-refractivity contribution in [2.24, 2.45) is 0 Å². The predicted octanol–water partition coefficient (Wildman–Crippen LogP) is 1.85. The van der Waals surface area contributed by atoms with Crippen LogP contribution in [0.5, 0.6) is 0 Å². The van der Waals surface area contributed by atoms with Gasteiger partial charge in [0.05, 0.1) is 5.60 Å². The molecule has 0 aromatic rings. The lowest BCUT2D eigenvalue weighted by Crippen LogP contribution is -2.58. The molecule has 0 aromatic heterocycles. The molecule has 2 amide bonds. The number of hydrogen-bond acceptors (Lipinski definition) is 3. The van der Waals surface area contributed by atoms with Crippen LogP contribution in [0.1, 0.15) is 58.8 Å². The van der Waals surface area contributed by atoms with Crippen LogP contribution in [0.2, 0.25) is 0 Å². The minimum Gasteiger partial charge on any atom is -0.379 e. The molecule has 0 aromatic carbocycles. The largest absolute Gasteiger partial charge is 0.379 e. The monoisotopic (exact) mass is 296 g/mol. The van der Waals surface area contributed by atoms with Gasteiger partial charge in [-0.1, -0.05) is 19.3 Å². The summed E-state index contributed by atoms with van der Waals surface area (Å²) in [6.45, 7) is 5.22. The number of carbonyl (C=O) groups excluding carboxylic acids is 2. The Kier molecular flexibility index (Phi) is 4.91. The van der Waals surface area contributed by atoms with E-state index >= 15 is 0 Å². The van der Waals surface area contributed by atoms with Crippen LogP contribution in [0.15, 0.2) is 0 Å². The summed E-state index contributed by atoms with van der Waals surface area (Å²) < 4.78 is 5.43. The highest BCUT2D eigenvalue weighted by Crippen LogP contribution is 2.32. The van der Waals surface area contributed by atoms with Crippen LogP contribution in [0.4, 0.5) is 0 Å². The van der Waals surface area contributed by atoms with Gasteiger partial charge >= 0.3 is 0 Å². The minimum atomic E-state index is -0.636. The van der Waals surface area contributed by atoms with Crippen LogP contribution in [0, 0.1) is 0 Å². The summed E-state index contributed by atoms with van der Waals surface area (Å²) in [5, 5.41) is 3.02. The number of methoxy groups -OCH3 is 1. The lowest BCUT2D eigenvalue weighted by atomic mass is 9.80. The summed E-state index contributed by atoms with van der Waals surface area (Å²) >= 11 is 0. The molecule has 1 aliphatic heterocycles. The molecule has 1 spiro atoms. The summed E-state index contributed by atoms with van der Waals surface area (Å²) in [7, 11) is 1.69. The van der Waals surface area contributed by atoms with Crippen molar-refractivity contribution in [1.29, 1.82) is 0 Å². The highest BCUT2D eigenvalue weighted by atomic mass is 16.5. The third-order valence-corrected chi connectivity index (χ3v) is 4.93. The number of rotatable bonds is 4. The van der Waals surface area contributed by atoms with Gasteiger partial charge in [-0.25, -0.2) is 0 Å². The van der Waals surface area contributed by atoms with Gasteiger partial charge in [-0.3, -0.25) is 9.59 Å². The summed E-state index contributed by atoms with van der Waals surface area (Å²) in [5.74, 6) is 0.124. The standard InChI is InChI=1S/C16H28N2O3/c1-15(2,21-3)10-12-18-11-7-13(19)17-16(14(18)20)8-5-4-6-9-16/h4-12H2,1-3H3,(H,17,19). The molecule has 1 saturated heterocycles. The number of hydrogen-bond donors (Lipinski definition) is 1. The molecule has 1 aliphatic carbocycles. The lowest BCUT2D eigenvalue weighted by Gasteiger charge is -2.38. The Balaban J connectivity index is 2.10. The molecule has 2 rings (SSSR count). The summed E-state index contributed by atoms with van der Waals surface area (Å²) in [6.07, 6.45) is 5.93. The summed E-state index contributed by atoms with van der Waals surface area (Å²) in [4.78, 5) is 26.8. The van der Waals surface area contributed by atoms with E-state index in [0.29, 0.717) is 19.5 Å². The Hall–Kier alpha value is -1.10. The molecule has 5 heteroatoms. The Morgan fingerprint density at radius 3 is 2.52 bits per heavy atom. The van der Waals surface area contributed by atoms with Crippen molar-refractivity contribution in [3.05, 3.63) is 0 Å². The maximum atomic E-state index is 12.9. The van der Waals surface area contributed by atoms with Crippen LogP contribution in [0.25, 0.3) is 0 Å². The van der Waals surface area contributed by atoms with Crippen molar-refractivity contribution in [3.8, 4) is 0 Å². The van der Waals surface area contributed by atoms with Crippen molar-refractivity contribution in [2.75, 3.05) is 20.2 Å². The summed E-state index contributed by atoms with van der Waals surface area (Å²) in [6, 6.07) is 0. The molecule has 21 heavy (non-hydrogen) atoms. The van der Waals surface area contributed by atoms with Gasteiger partial charge in [0.1, 0.15) is 5.54 Å². The van der Waals surface area contributed by atoms with Gasteiger partial charge < -0.3 is 15.0 Å². The fourth-order valence-corrected chi connectivity index (χ4v) is 3.24. The number of amides is 2. The van der Waals surface area contributed by atoms with Crippen LogP contribution in [0.3, 0.4) is 0 Å². The van der Waals surface area contributed by atoms with E-state index in [9.17, 15) is 9.59 Å². The maximum Gasteiger partial charge on any atom is 0.248 e. The van der Waals surface area contributed by atoms with E-state index in [2.05, 4.69) is 5.32 Å². The molecule has 1 N–H and O–H groups in total. The van der Waals surface area contributed by atoms with Crippen LogP contribution < -0.4 is 5.32 Å². The molecule has 120 valence electrons. The van der Waals surface area contributed by atoms with Gasteiger partial charge in [-0.05, 0) is 33.1 Å². The van der Waals surface area contributed by atoms with Crippen molar-refractivity contribution in [3.63, 3.8) is 0 Å². The molecule has 0 atom stereocenters. The first-order valence-corrected chi connectivity index (χ1v) is 8.04. The molecule has 2 aliphatic rings. The Bertz CT molecular complexity index is 400. The van der Waals surface area contributed by atoms with E-state index in [1.54, 1.807) is 7.11 Å². The fraction of sp³-hybridized carbons (Fsp3) is 0.875. The summed E-state index contributed by atoms with van der Waals surface area (Å²) in [5.41, 5.74) is -0.882. The van der Waals surface area contributed by atoms with E-state index in [0.717, 1.165) is 38.5 Å². The average molecular weight is 296 g/mol. The van der Waals surface area contributed by atoms with Gasteiger partial charge in [0.2, 0.25) is 11.8 Å². The van der Waals surface area contributed by atoms with Gasteiger partial charge in [-0.15, -0.1) is 0 Å². The van der Waals surface area contributed by atoms with Crippen LogP contribution in [-0.2, 0) is 14.3 Å². The Morgan fingerprint density at radius 1 is 1.24 bits per heavy atom. The molecule has 0 bridgehead atoms. The Labute approximate surface area is 127 Å². The average Bonchev–Trinajstić information content (AvgIpc) is 2.57. The first kappa shape index (κ1) is 16.3. The van der Waals surface area contributed by atoms with Crippen molar-refractivity contribution < 1.29 is 14.3 Å². The second-order valence-electron chi connectivity index (χ2n) is 6.95. The molecule has 5 nitrogen and oxygen atoms in total. The van der Waals surface area contributed by atoms with Crippen LogP contribution in [-0.4, -0.2) is 48.1 Å². The molecule has 0 radical (unpaired) electrons. The zero-order valence-electron chi connectivity index (χ0n) is 13.5. The first-order chi connectivity index (χ1) is 9.88. The van der Waals surface area contributed by atoms with E-state index < -0.39 is 5.54 Å². The number of ether oxygens (including phenoxy) is 1. The lowest BCUT2D eigenvalue weighted by molar-refractivity contribution is -0.141. The van der Waals surface area contributed by atoms with Crippen LogP contribution >= 0.6 is 0 Å². The van der Waals surface area contributed by atoms with Gasteiger partial charge in [0, 0.05) is 26.6 Å². The third-order valence-electron chi connectivity index (χ3n) is 4.93. The van der Waals surface area contributed by atoms with Gasteiger partial charge in [0.15, 0.2) is 0 Å². The van der Waals surface area contributed by atoms with E-state index in [4.69, 9.17) is 4.74 Å². The van der Waals surface area contributed by atoms with E-state index in [-0.39, 0.29) is 17.4 Å². The second-order valence-corrected chi connectivity index (χ2v) is 6.95. The van der Waals surface area contributed by atoms with Crippen molar-refractivity contribution in [1.82, 2.24) is 10.2 Å². The second kappa shape index (κ2) is 6.34. The highest BCUT2D eigenvalue weighted by Gasteiger charge is 2.45. The third kappa shape index (κ3) is 3.76. The maximum absolute atomic E-state index is 12.9. The topological polar surface area (TPSA) is 58.6 Å². The van der Waals surface area contributed by atoms with Gasteiger partial charge in [0.25, 0.3) is 0 Å².